The van der Waals surface area contributed by atoms with Gasteiger partial charge in [0.1, 0.15) is 12.4 Å². The van der Waals surface area contributed by atoms with Crippen LogP contribution in [0, 0.1) is 0 Å². The van der Waals surface area contributed by atoms with Gasteiger partial charge >= 0.3 is 18.0 Å². The summed E-state index contributed by atoms with van der Waals surface area (Å²) >= 11 is 0. The zero-order chi connectivity index (χ0) is 25.2. The summed E-state index contributed by atoms with van der Waals surface area (Å²) in [5.74, 6) is -0.867. The van der Waals surface area contributed by atoms with E-state index in [2.05, 4.69) is 16.0 Å². The van der Waals surface area contributed by atoms with Gasteiger partial charge in [0, 0.05) is 6.42 Å². The molecule has 0 spiro atoms. The molecule has 1 heterocycles. The fraction of sp³-hybridized carbons (Fsp3) is 0.280. The first kappa shape index (κ1) is 25.3. The lowest BCUT2D eigenvalue weighted by atomic mass is 10.1. The Morgan fingerprint density at radius 1 is 1.00 bits per heavy atom. The molecule has 1 aliphatic rings. The van der Waals surface area contributed by atoms with Crippen LogP contribution in [0.1, 0.15) is 29.3 Å². The Hall–Kier alpha value is -4.34. The molecule has 0 radical (unpaired) electrons. The van der Waals surface area contributed by atoms with E-state index in [1.165, 1.54) is 6.07 Å². The number of methoxy groups -OCH3 is 1. The summed E-state index contributed by atoms with van der Waals surface area (Å²) in [5.41, 5.74) is 1.72. The second kappa shape index (κ2) is 12.2. The van der Waals surface area contributed by atoms with Gasteiger partial charge in [-0.15, -0.1) is 0 Å². The number of hydrogen-bond acceptors (Lipinski definition) is 7. The molecule has 2 aromatic carbocycles. The Balaban J connectivity index is 1.63. The minimum atomic E-state index is -0.723. The van der Waals surface area contributed by atoms with E-state index in [-0.39, 0.29) is 48.9 Å². The number of hydrogen-bond donors (Lipinski definition) is 3. The molecule has 0 bridgehead atoms. The molecule has 10 heteroatoms. The van der Waals surface area contributed by atoms with E-state index in [4.69, 9.17) is 14.2 Å². The SMILES string of the molecule is CCOC(=O)C1=C(COC(=O)c2ccccc2NC(=O)CCc2ccc(OC)cc2)NC(=O)NC1. The first-order valence-electron chi connectivity index (χ1n) is 11.0. The highest BCUT2D eigenvalue weighted by molar-refractivity contribution is 6.01. The van der Waals surface area contributed by atoms with Crippen LogP contribution in [0.3, 0.4) is 0 Å². The number of para-hydroxylation sites is 1. The lowest BCUT2D eigenvalue weighted by Gasteiger charge is -2.21. The number of aryl methyl sites for hydroxylation is 1. The largest absolute Gasteiger partial charge is 0.497 e. The third-order valence-corrected chi connectivity index (χ3v) is 5.14. The molecule has 0 atom stereocenters. The van der Waals surface area contributed by atoms with E-state index in [1.54, 1.807) is 32.2 Å². The molecular weight excluding hydrogens is 454 g/mol. The van der Waals surface area contributed by atoms with Crippen molar-refractivity contribution in [2.75, 3.05) is 32.2 Å². The van der Waals surface area contributed by atoms with Crippen LogP contribution in [0.2, 0.25) is 0 Å². The third kappa shape index (κ3) is 7.07. The summed E-state index contributed by atoms with van der Waals surface area (Å²) < 4.78 is 15.5. The Labute approximate surface area is 202 Å². The molecule has 3 N–H and O–H groups in total. The molecule has 1 aliphatic heterocycles. The second-order valence-electron chi connectivity index (χ2n) is 7.50. The van der Waals surface area contributed by atoms with Gasteiger partial charge in [-0.1, -0.05) is 24.3 Å². The van der Waals surface area contributed by atoms with Crippen molar-refractivity contribution >= 4 is 29.6 Å². The Kier molecular flexibility index (Phi) is 8.82. The van der Waals surface area contributed by atoms with Gasteiger partial charge in [0.2, 0.25) is 5.91 Å². The maximum atomic E-state index is 12.8. The molecule has 0 fully saturated rings. The quantitative estimate of drug-likeness (QED) is 0.444. The maximum Gasteiger partial charge on any atom is 0.340 e. The number of carbonyl (C=O) groups is 4. The zero-order valence-electron chi connectivity index (χ0n) is 19.5. The van der Waals surface area contributed by atoms with Crippen molar-refractivity contribution in [1.29, 1.82) is 0 Å². The van der Waals surface area contributed by atoms with Crippen LogP contribution in [-0.4, -0.2) is 50.7 Å². The van der Waals surface area contributed by atoms with Crippen molar-refractivity contribution in [3.05, 3.63) is 70.9 Å². The number of esters is 2. The van der Waals surface area contributed by atoms with Crippen LogP contribution >= 0.6 is 0 Å². The maximum absolute atomic E-state index is 12.8. The summed E-state index contributed by atoms with van der Waals surface area (Å²) in [4.78, 5) is 49.1. The average molecular weight is 482 g/mol. The van der Waals surface area contributed by atoms with E-state index >= 15 is 0 Å². The van der Waals surface area contributed by atoms with Crippen molar-refractivity contribution in [3.63, 3.8) is 0 Å². The van der Waals surface area contributed by atoms with Crippen LogP contribution in [0.15, 0.2) is 59.8 Å². The molecule has 3 rings (SSSR count). The van der Waals surface area contributed by atoms with Gasteiger partial charge in [0.25, 0.3) is 0 Å². The van der Waals surface area contributed by atoms with Crippen molar-refractivity contribution in [2.45, 2.75) is 19.8 Å². The van der Waals surface area contributed by atoms with Gasteiger partial charge < -0.3 is 30.2 Å². The van der Waals surface area contributed by atoms with Crippen LogP contribution < -0.4 is 20.7 Å². The Morgan fingerprint density at radius 3 is 2.46 bits per heavy atom. The summed E-state index contributed by atoms with van der Waals surface area (Å²) in [6.45, 7) is 1.43. The predicted octanol–water partition coefficient (Wildman–Crippen LogP) is 2.55. The number of rotatable bonds is 10. The number of anilines is 1. The third-order valence-electron chi connectivity index (χ3n) is 5.14. The Morgan fingerprint density at radius 2 is 1.74 bits per heavy atom. The highest BCUT2D eigenvalue weighted by Gasteiger charge is 2.25. The molecule has 10 nitrogen and oxygen atoms in total. The minimum Gasteiger partial charge on any atom is -0.497 e. The highest BCUT2D eigenvalue weighted by atomic mass is 16.5. The van der Waals surface area contributed by atoms with Crippen molar-refractivity contribution in [2.24, 2.45) is 0 Å². The van der Waals surface area contributed by atoms with Crippen LogP contribution in [-0.2, 0) is 25.5 Å². The summed E-state index contributed by atoms with van der Waals surface area (Å²) in [5, 5.41) is 7.69. The monoisotopic (exact) mass is 481 g/mol. The van der Waals surface area contributed by atoms with Crippen LogP contribution in [0.25, 0.3) is 0 Å². The van der Waals surface area contributed by atoms with E-state index in [1.807, 2.05) is 24.3 Å². The molecular formula is C25H27N3O7. The minimum absolute atomic E-state index is 0.0433. The van der Waals surface area contributed by atoms with Gasteiger partial charge in [-0.25, -0.2) is 14.4 Å². The molecule has 0 saturated carbocycles. The van der Waals surface area contributed by atoms with E-state index in [0.717, 1.165) is 11.3 Å². The van der Waals surface area contributed by atoms with Crippen molar-refractivity contribution < 1.29 is 33.4 Å². The molecule has 0 aliphatic carbocycles. The normalized spacial score (nSPS) is 12.8. The lowest BCUT2D eigenvalue weighted by molar-refractivity contribution is -0.138. The fourth-order valence-electron chi connectivity index (χ4n) is 3.32. The number of benzene rings is 2. The van der Waals surface area contributed by atoms with Crippen molar-refractivity contribution in [3.8, 4) is 5.75 Å². The number of urea groups is 1. The second-order valence-corrected chi connectivity index (χ2v) is 7.50. The molecule has 0 saturated heterocycles. The van der Waals surface area contributed by atoms with Gasteiger partial charge in [-0.05, 0) is 43.2 Å². The van der Waals surface area contributed by atoms with Crippen LogP contribution in [0.4, 0.5) is 10.5 Å². The van der Waals surface area contributed by atoms with Crippen LogP contribution in [0.5, 0.6) is 5.75 Å². The standard InChI is InChI=1S/C25H27N3O7/c1-3-34-24(31)19-14-26-25(32)28-21(19)15-35-23(30)18-6-4-5-7-20(18)27-22(29)13-10-16-8-11-17(33-2)12-9-16/h4-9,11-12H,3,10,13-15H2,1-2H3,(H,27,29)(H2,26,28,32). The molecule has 35 heavy (non-hydrogen) atoms. The lowest BCUT2D eigenvalue weighted by Crippen LogP contribution is -2.45. The molecule has 0 unspecified atom stereocenters. The molecule has 3 amide bonds. The predicted molar refractivity (Wildman–Crippen MR) is 127 cm³/mol. The zero-order valence-corrected chi connectivity index (χ0v) is 19.5. The topological polar surface area (TPSA) is 132 Å². The van der Waals surface area contributed by atoms with Crippen molar-refractivity contribution in [1.82, 2.24) is 10.6 Å². The van der Waals surface area contributed by atoms with E-state index in [9.17, 15) is 19.2 Å². The molecule has 184 valence electrons. The molecule has 0 aromatic heterocycles. The summed E-state index contributed by atoms with van der Waals surface area (Å²) in [7, 11) is 1.59. The van der Waals surface area contributed by atoms with Gasteiger partial charge in [-0.2, -0.15) is 0 Å². The smallest absolute Gasteiger partial charge is 0.340 e. The highest BCUT2D eigenvalue weighted by Crippen LogP contribution is 2.19. The number of carbonyl (C=O) groups excluding carboxylic acids is 4. The van der Waals surface area contributed by atoms with Gasteiger partial charge in [0.15, 0.2) is 0 Å². The summed E-state index contributed by atoms with van der Waals surface area (Å²) in [6.07, 6.45) is 0.728. The van der Waals surface area contributed by atoms with E-state index in [0.29, 0.717) is 12.1 Å². The number of nitrogens with one attached hydrogen (secondary N) is 3. The van der Waals surface area contributed by atoms with Gasteiger partial charge in [-0.3, -0.25) is 4.79 Å². The summed E-state index contributed by atoms with van der Waals surface area (Å²) in [6, 6.07) is 13.3. The fourth-order valence-corrected chi connectivity index (χ4v) is 3.32. The average Bonchev–Trinajstić information content (AvgIpc) is 2.87. The molecule has 2 aromatic rings. The first-order chi connectivity index (χ1) is 16.9. The Bertz CT molecular complexity index is 1130. The van der Waals surface area contributed by atoms with Gasteiger partial charge in [0.05, 0.1) is 42.8 Å². The first-order valence-corrected chi connectivity index (χ1v) is 11.0. The number of ether oxygens (including phenoxy) is 3. The number of amides is 3. The van der Waals surface area contributed by atoms with E-state index < -0.39 is 18.0 Å².